The van der Waals surface area contributed by atoms with Crippen LogP contribution in [0.25, 0.3) is 0 Å². The van der Waals surface area contributed by atoms with E-state index in [4.69, 9.17) is 5.73 Å². The van der Waals surface area contributed by atoms with Gasteiger partial charge in [-0.3, -0.25) is 0 Å². The third-order valence-corrected chi connectivity index (χ3v) is 6.33. The molecule has 0 radical (unpaired) electrons. The van der Waals surface area contributed by atoms with Crippen LogP contribution < -0.4 is 5.73 Å². The summed E-state index contributed by atoms with van der Waals surface area (Å²) in [5, 5.41) is 0. The minimum Gasteiger partial charge on any atom is -0.323 e. The molecule has 1 aromatic heterocycles. The molecular formula is C17H21NS2. The van der Waals surface area contributed by atoms with Crippen molar-refractivity contribution in [1.82, 2.24) is 0 Å². The molecule has 0 saturated heterocycles. The fourth-order valence-corrected chi connectivity index (χ4v) is 5.09. The van der Waals surface area contributed by atoms with Gasteiger partial charge in [0.05, 0.1) is 0 Å². The standard InChI is InChI=1S/C17H21NS2/c1-11-3-4-12(2)13(7-11)8-15(18)17-9-14-10-19-6-5-16(14)20-17/h3-4,7,9,15H,5-6,8,10,18H2,1-2H3. The zero-order valence-corrected chi connectivity index (χ0v) is 13.7. The van der Waals surface area contributed by atoms with E-state index in [1.165, 1.54) is 45.1 Å². The molecule has 1 aliphatic rings. The van der Waals surface area contributed by atoms with Crippen molar-refractivity contribution >= 4 is 23.1 Å². The quantitative estimate of drug-likeness (QED) is 0.909. The molecule has 1 unspecified atom stereocenters. The Balaban J connectivity index is 1.80. The number of benzene rings is 1. The highest BCUT2D eigenvalue weighted by Gasteiger charge is 2.17. The van der Waals surface area contributed by atoms with E-state index in [-0.39, 0.29) is 6.04 Å². The van der Waals surface area contributed by atoms with E-state index in [0.29, 0.717) is 0 Å². The number of aryl methyl sites for hydroxylation is 3. The van der Waals surface area contributed by atoms with Crippen LogP contribution in [-0.2, 0) is 18.6 Å². The summed E-state index contributed by atoms with van der Waals surface area (Å²) in [6, 6.07) is 9.13. The van der Waals surface area contributed by atoms with Crippen LogP contribution in [0.15, 0.2) is 24.3 Å². The van der Waals surface area contributed by atoms with Gasteiger partial charge in [0.15, 0.2) is 0 Å². The average Bonchev–Trinajstić information content (AvgIpc) is 2.87. The van der Waals surface area contributed by atoms with E-state index in [0.717, 1.165) is 6.42 Å². The minimum absolute atomic E-state index is 0.135. The molecule has 1 atom stereocenters. The first-order chi connectivity index (χ1) is 9.63. The predicted molar refractivity (Wildman–Crippen MR) is 90.7 cm³/mol. The molecule has 106 valence electrons. The van der Waals surface area contributed by atoms with Crippen molar-refractivity contribution in [2.45, 2.75) is 38.5 Å². The lowest BCUT2D eigenvalue weighted by molar-refractivity contribution is 0.732. The number of fused-ring (bicyclic) bond motifs is 1. The summed E-state index contributed by atoms with van der Waals surface area (Å²) in [5.74, 6) is 2.43. The Bertz CT molecular complexity index is 592. The van der Waals surface area contributed by atoms with E-state index in [1.807, 2.05) is 23.1 Å². The van der Waals surface area contributed by atoms with Crippen LogP contribution in [0.2, 0.25) is 0 Å². The number of nitrogens with two attached hydrogens (primary N) is 1. The molecule has 0 saturated carbocycles. The second-order valence-electron chi connectivity index (χ2n) is 5.64. The molecule has 1 aliphatic heterocycles. The Morgan fingerprint density at radius 2 is 2.10 bits per heavy atom. The van der Waals surface area contributed by atoms with Crippen LogP contribution in [-0.4, -0.2) is 5.75 Å². The van der Waals surface area contributed by atoms with Crippen LogP contribution in [0.5, 0.6) is 0 Å². The zero-order chi connectivity index (χ0) is 14.1. The number of thiophene rings is 1. The van der Waals surface area contributed by atoms with E-state index in [1.54, 1.807) is 4.88 Å². The lowest BCUT2D eigenvalue weighted by atomic mass is 9.98. The summed E-state index contributed by atoms with van der Waals surface area (Å²) in [5.41, 5.74) is 12.0. The molecule has 1 nitrogen and oxygen atoms in total. The maximum absolute atomic E-state index is 6.46. The van der Waals surface area contributed by atoms with Gasteiger partial charge in [0, 0.05) is 21.5 Å². The van der Waals surface area contributed by atoms with E-state index < -0.39 is 0 Å². The summed E-state index contributed by atoms with van der Waals surface area (Å²) >= 11 is 3.97. The highest BCUT2D eigenvalue weighted by Crippen LogP contribution is 2.34. The van der Waals surface area contributed by atoms with Crippen LogP contribution in [0.3, 0.4) is 0 Å². The third kappa shape index (κ3) is 2.95. The second kappa shape index (κ2) is 5.92. The van der Waals surface area contributed by atoms with Gasteiger partial charge in [0.2, 0.25) is 0 Å². The van der Waals surface area contributed by atoms with Crippen molar-refractivity contribution in [1.29, 1.82) is 0 Å². The number of thioether (sulfide) groups is 1. The molecule has 1 aromatic carbocycles. The van der Waals surface area contributed by atoms with Gasteiger partial charge in [-0.05, 0) is 55.2 Å². The van der Waals surface area contributed by atoms with Crippen molar-refractivity contribution in [3.8, 4) is 0 Å². The Hall–Kier alpha value is -0.770. The fourth-order valence-electron chi connectivity index (χ4n) is 2.71. The van der Waals surface area contributed by atoms with Gasteiger partial charge in [-0.25, -0.2) is 0 Å². The van der Waals surface area contributed by atoms with Crippen LogP contribution >= 0.6 is 23.1 Å². The molecule has 0 fully saturated rings. The Morgan fingerprint density at radius 1 is 1.25 bits per heavy atom. The van der Waals surface area contributed by atoms with Gasteiger partial charge in [0.1, 0.15) is 0 Å². The largest absolute Gasteiger partial charge is 0.323 e. The smallest absolute Gasteiger partial charge is 0.0430 e. The van der Waals surface area contributed by atoms with Crippen molar-refractivity contribution < 1.29 is 0 Å². The molecule has 2 heterocycles. The highest BCUT2D eigenvalue weighted by atomic mass is 32.2. The molecular weight excluding hydrogens is 282 g/mol. The highest BCUT2D eigenvalue weighted by molar-refractivity contribution is 7.98. The third-order valence-electron chi connectivity index (χ3n) is 3.96. The Kier molecular flexibility index (Phi) is 4.20. The maximum Gasteiger partial charge on any atom is 0.0430 e. The molecule has 0 aliphatic carbocycles. The van der Waals surface area contributed by atoms with Gasteiger partial charge in [-0.1, -0.05) is 23.8 Å². The van der Waals surface area contributed by atoms with Crippen LogP contribution in [0.1, 0.15) is 38.0 Å². The van der Waals surface area contributed by atoms with Crippen molar-refractivity contribution in [3.05, 3.63) is 56.3 Å². The molecule has 3 rings (SSSR count). The lowest BCUT2D eigenvalue weighted by Gasteiger charge is -2.12. The molecule has 0 amide bonds. The number of hydrogen-bond donors (Lipinski definition) is 1. The maximum atomic E-state index is 6.46. The van der Waals surface area contributed by atoms with Gasteiger partial charge in [-0.15, -0.1) is 11.3 Å². The van der Waals surface area contributed by atoms with Crippen molar-refractivity contribution in [3.63, 3.8) is 0 Å². The minimum atomic E-state index is 0.135. The lowest BCUT2D eigenvalue weighted by Crippen LogP contribution is -2.12. The number of hydrogen-bond acceptors (Lipinski definition) is 3. The molecule has 0 bridgehead atoms. The summed E-state index contributed by atoms with van der Waals surface area (Å²) in [6.07, 6.45) is 2.17. The summed E-state index contributed by atoms with van der Waals surface area (Å²) in [7, 11) is 0. The SMILES string of the molecule is Cc1ccc(C)c(CC(N)c2cc3c(s2)CCSC3)c1. The normalized spacial score (nSPS) is 15.9. The first-order valence-corrected chi connectivity index (χ1v) is 9.11. The molecule has 0 spiro atoms. The van der Waals surface area contributed by atoms with E-state index >= 15 is 0 Å². The first-order valence-electron chi connectivity index (χ1n) is 7.14. The van der Waals surface area contributed by atoms with E-state index in [2.05, 4.69) is 38.1 Å². The van der Waals surface area contributed by atoms with Crippen LogP contribution in [0.4, 0.5) is 0 Å². The topological polar surface area (TPSA) is 26.0 Å². The second-order valence-corrected chi connectivity index (χ2v) is 7.91. The van der Waals surface area contributed by atoms with Crippen molar-refractivity contribution in [2.75, 3.05) is 5.75 Å². The van der Waals surface area contributed by atoms with E-state index in [9.17, 15) is 0 Å². The Labute approximate surface area is 129 Å². The average molecular weight is 303 g/mol. The summed E-state index contributed by atoms with van der Waals surface area (Å²) in [4.78, 5) is 2.92. The predicted octanol–water partition coefficient (Wildman–Crippen LogP) is 4.40. The molecule has 20 heavy (non-hydrogen) atoms. The summed E-state index contributed by atoms with van der Waals surface area (Å²) in [6.45, 7) is 4.33. The first kappa shape index (κ1) is 14.2. The van der Waals surface area contributed by atoms with Crippen molar-refractivity contribution in [2.24, 2.45) is 5.73 Å². The fraction of sp³-hybridized carbons (Fsp3) is 0.412. The Morgan fingerprint density at radius 3 is 2.90 bits per heavy atom. The molecule has 3 heteroatoms. The van der Waals surface area contributed by atoms with Gasteiger partial charge < -0.3 is 5.73 Å². The number of rotatable bonds is 3. The van der Waals surface area contributed by atoms with Crippen LogP contribution in [0, 0.1) is 13.8 Å². The summed E-state index contributed by atoms with van der Waals surface area (Å²) < 4.78 is 0. The van der Waals surface area contributed by atoms with Gasteiger partial charge in [-0.2, -0.15) is 11.8 Å². The zero-order valence-electron chi connectivity index (χ0n) is 12.1. The molecule has 2 N–H and O–H groups in total. The van der Waals surface area contributed by atoms with Gasteiger partial charge >= 0.3 is 0 Å². The van der Waals surface area contributed by atoms with Gasteiger partial charge in [0.25, 0.3) is 0 Å². The molecule has 2 aromatic rings. The monoisotopic (exact) mass is 303 g/mol.